The molecule has 0 aliphatic heterocycles. The summed E-state index contributed by atoms with van der Waals surface area (Å²) in [5.74, 6) is 0. The minimum Gasteiger partial charge on any atom is -0.443 e. The second-order valence-corrected chi connectivity index (χ2v) is 5.49. The maximum Gasteiger partial charge on any atom is 0.420 e. The summed E-state index contributed by atoms with van der Waals surface area (Å²) in [6, 6.07) is 9.02. The Kier molecular flexibility index (Phi) is 3.25. The van der Waals surface area contributed by atoms with Crippen LogP contribution in [0.5, 0.6) is 0 Å². The Morgan fingerprint density at radius 1 is 1.37 bits per heavy atom. The Morgan fingerprint density at radius 2 is 2.00 bits per heavy atom. The molecule has 0 bridgehead atoms. The minimum absolute atomic E-state index is 0.0946. The van der Waals surface area contributed by atoms with E-state index in [0.29, 0.717) is 10.9 Å². The molecule has 0 spiro atoms. The predicted octanol–water partition coefficient (Wildman–Crippen LogP) is 3.95. The average Bonchev–Trinajstić information content (AvgIpc) is 2.60. The summed E-state index contributed by atoms with van der Waals surface area (Å²) in [6.07, 6.45) is -0.604. The molecule has 0 aliphatic carbocycles. The molecule has 0 unspecified atom stereocenters. The van der Waals surface area contributed by atoms with Crippen LogP contribution in [0.25, 0.3) is 10.9 Å². The zero-order valence-corrected chi connectivity index (χ0v) is 11.7. The summed E-state index contributed by atoms with van der Waals surface area (Å²) in [4.78, 5) is 12.2. The molecule has 0 radical (unpaired) electrons. The van der Waals surface area contributed by atoms with Crippen molar-refractivity contribution in [1.29, 1.82) is 5.26 Å². The highest BCUT2D eigenvalue weighted by Gasteiger charge is 2.24. The number of rotatable bonds is 0. The lowest BCUT2D eigenvalue weighted by atomic mass is 10.2. The Morgan fingerprint density at radius 3 is 2.58 bits per heavy atom. The van der Waals surface area contributed by atoms with Crippen molar-refractivity contribution in [3.8, 4) is 6.07 Å². The van der Waals surface area contributed by atoms with Crippen LogP contribution in [0.15, 0.2) is 24.3 Å². The lowest BCUT2D eigenvalue weighted by molar-refractivity contribution is 0.0543. The van der Waals surface area contributed by atoms with Gasteiger partial charge in [-0.15, -0.1) is 0 Å². The van der Waals surface area contributed by atoms with Crippen molar-refractivity contribution < 1.29 is 9.53 Å². The van der Waals surface area contributed by atoms with Gasteiger partial charge in [-0.25, -0.2) is 9.36 Å². The van der Waals surface area contributed by atoms with Crippen molar-refractivity contribution in [2.75, 3.05) is 0 Å². The van der Waals surface area contributed by atoms with Crippen molar-refractivity contribution in [2.45, 2.75) is 26.4 Å². The molecular weight excluding hydrogens is 264 g/mol. The van der Waals surface area contributed by atoms with Crippen molar-refractivity contribution >= 4 is 28.6 Å². The molecule has 1 heterocycles. The highest BCUT2D eigenvalue weighted by molar-refractivity contribution is 6.37. The lowest BCUT2D eigenvalue weighted by Gasteiger charge is -2.20. The van der Waals surface area contributed by atoms with E-state index >= 15 is 0 Å². The summed E-state index contributed by atoms with van der Waals surface area (Å²) in [7, 11) is 0. The van der Waals surface area contributed by atoms with Crippen LogP contribution in [0.3, 0.4) is 0 Å². The van der Waals surface area contributed by atoms with Gasteiger partial charge in [-0.3, -0.25) is 0 Å². The van der Waals surface area contributed by atoms with Crippen LogP contribution in [0.4, 0.5) is 4.79 Å². The first-order chi connectivity index (χ1) is 8.85. The predicted molar refractivity (Wildman–Crippen MR) is 73.3 cm³/mol. The van der Waals surface area contributed by atoms with Crippen LogP contribution < -0.4 is 0 Å². The SMILES string of the molecule is CC(C)(C)OC(=O)n1c(C#N)c(Cl)c2ccccc21. The van der Waals surface area contributed by atoms with Gasteiger partial charge in [0, 0.05) is 5.39 Å². The van der Waals surface area contributed by atoms with Crippen LogP contribution in [0.1, 0.15) is 26.5 Å². The van der Waals surface area contributed by atoms with Crippen molar-refractivity contribution in [2.24, 2.45) is 0 Å². The largest absolute Gasteiger partial charge is 0.443 e. The Labute approximate surface area is 116 Å². The van der Waals surface area contributed by atoms with Gasteiger partial charge in [-0.05, 0) is 26.8 Å². The number of carbonyl (C=O) groups is 1. The fourth-order valence-corrected chi connectivity index (χ4v) is 2.08. The molecule has 0 amide bonds. The second kappa shape index (κ2) is 4.60. The number of fused-ring (bicyclic) bond motifs is 1. The van der Waals surface area contributed by atoms with E-state index in [-0.39, 0.29) is 10.7 Å². The first kappa shape index (κ1) is 13.4. The minimum atomic E-state index is -0.637. The lowest BCUT2D eigenvalue weighted by Crippen LogP contribution is -2.27. The standard InChI is InChI=1S/C14H13ClN2O2/c1-14(2,3)19-13(18)17-10-7-5-4-6-9(10)12(15)11(17)8-16/h4-7H,1-3H3. The number of para-hydroxylation sites is 1. The number of hydrogen-bond acceptors (Lipinski definition) is 3. The van der Waals surface area contributed by atoms with E-state index in [9.17, 15) is 10.1 Å². The van der Waals surface area contributed by atoms with E-state index < -0.39 is 11.7 Å². The summed E-state index contributed by atoms with van der Waals surface area (Å²) in [6.45, 7) is 5.30. The number of nitrogens with zero attached hydrogens (tertiary/aromatic N) is 2. The molecule has 4 nitrogen and oxygen atoms in total. The fraction of sp³-hybridized carbons (Fsp3) is 0.286. The highest BCUT2D eigenvalue weighted by atomic mass is 35.5. The Hall–Kier alpha value is -1.99. The van der Waals surface area contributed by atoms with Crippen LogP contribution in [0.2, 0.25) is 5.02 Å². The second-order valence-electron chi connectivity index (χ2n) is 5.11. The summed E-state index contributed by atoms with van der Waals surface area (Å²) >= 11 is 6.13. The van der Waals surface area contributed by atoms with Crippen molar-refractivity contribution in [3.05, 3.63) is 35.0 Å². The third kappa shape index (κ3) is 2.42. The third-order valence-electron chi connectivity index (χ3n) is 2.49. The van der Waals surface area contributed by atoms with Gasteiger partial charge in [-0.1, -0.05) is 29.8 Å². The summed E-state index contributed by atoms with van der Waals surface area (Å²) in [5.41, 5.74) is 0.0252. The molecule has 5 heteroatoms. The van der Waals surface area contributed by atoms with Crippen LogP contribution in [0, 0.1) is 11.3 Å². The molecule has 2 rings (SSSR count). The highest BCUT2D eigenvalue weighted by Crippen LogP contribution is 2.30. The first-order valence-corrected chi connectivity index (χ1v) is 6.15. The van der Waals surface area contributed by atoms with E-state index in [1.54, 1.807) is 45.0 Å². The molecule has 19 heavy (non-hydrogen) atoms. The molecule has 2 aromatic rings. The Balaban J connectivity index is 2.66. The molecule has 0 atom stereocenters. The van der Waals surface area contributed by atoms with Crippen LogP contribution in [-0.2, 0) is 4.74 Å². The maximum absolute atomic E-state index is 12.2. The van der Waals surface area contributed by atoms with E-state index in [0.717, 1.165) is 0 Å². The van der Waals surface area contributed by atoms with Crippen molar-refractivity contribution in [3.63, 3.8) is 0 Å². The summed E-state index contributed by atoms with van der Waals surface area (Å²) < 4.78 is 6.51. The fourth-order valence-electron chi connectivity index (χ4n) is 1.80. The zero-order valence-electron chi connectivity index (χ0n) is 10.9. The van der Waals surface area contributed by atoms with Gasteiger partial charge in [0.05, 0.1) is 10.5 Å². The van der Waals surface area contributed by atoms with Gasteiger partial charge in [0.15, 0.2) is 0 Å². The number of aromatic nitrogens is 1. The molecule has 0 saturated carbocycles. The van der Waals surface area contributed by atoms with Crippen LogP contribution in [-0.4, -0.2) is 16.3 Å². The van der Waals surface area contributed by atoms with Gasteiger partial charge in [0.25, 0.3) is 0 Å². The van der Waals surface area contributed by atoms with E-state index in [2.05, 4.69) is 0 Å². The molecule has 0 N–H and O–H groups in total. The number of carbonyl (C=O) groups excluding carboxylic acids is 1. The first-order valence-electron chi connectivity index (χ1n) is 5.77. The third-order valence-corrected chi connectivity index (χ3v) is 2.88. The summed E-state index contributed by atoms with van der Waals surface area (Å²) in [5, 5.41) is 10.1. The van der Waals surface area contributed by atoms with Gasteiger partial charge < -0.3 is 4.74 Å². The van der Waals surface area contributed by atoms with E-state index in [1.165, 1.54) is 4.57 Å². The van der Waals surface area contributed by atoms with Gasteiger partial charge in [0.1, 0.15) is 17.4 Å². The monoisotopic (exact) mass is 276 g/mol. The van der Waals surface area contributed by atoms with Gasteiger partial charge >= 0.3 is 6.09 Å². The molecular formula is C14H13ClN2O2. The van der Waals surface area contributed by atoms with Gasteiger partial charge in [-0.2, -0.15) is 5.26 Å². The zero-order chi connectivity index (χ0) is 14.2. The van der Waals surface area contributed by atoms with Gasteiger partial charge in [0.2, 0.25) is 0 Å². The number of halogens is 1. The number of hydrogen-bond donors (Lipinski definition) is 0. The molecule has 98 valence electrons. The number of nitriles is 1. The van der Waals surface area contributed by atoms with E-state index in [4.69, 9.17) is 16.3 Å². The van der Waals surface area contributed by atoms with Crippen molar-refractivity contribution in [1.82, 2.24) is 4.57 Å². The number of benzene rings is 1. The molecule has 0 fully saturated rings. The normalized spacial score (nSPS) is 11.3. The number of ether oxygens (including phenoxy) is 1. The average molecular weight is 277 g/mol. The maximum atomic E-state index is 12.2. The smallest absolute Gasteiger partial charge is 0.420 e. The quantitative estimate of drug-likeness (QED) is 0.732. The van der Waals surface area contributed by atoms with Crippen LogP contribution >= 0.6 is 11.6 Å². The molecule has 1 aromatic carbocycles. The molecule has 0 aliphatic rings. The topological polar surface area (TPSA) is 55.0 Å². The van der Waals surface area contributed by atoms with E-state index in [1.807, 2.05) is 6.07 Å². The molecule has 0 saturated heterocycles. The molecule has 1 aromatic heterocycles. The Bertz CT molecular complexity index is 690.